The molecule has 3 rings (SSSR count). The summed E-state index contributed by atoms with van der Waals surface area (Å²) in [4.78, 5) is 47.3. The van der Waals surface area contributed by atoms with Crippen molar-refractivity contribution in [3.63, 3.8) is 0 Å². The van der Waals surface area contributed by atoms with Crippen LogP contribution in [0.15, 0.2) is 23.6 Å². The quantitative estimate of drug-likeness (QED) is 0.406. The van der Waals surface area contributed by atoms with Crippen molar-refractivity contribution >= 4 is 62.7 Å². The predicted octanol–water partition coefficient (Wildman–Crippen LogP) is 3.25. The number of nitrogens with zero attached hydrogens (tertiary/aromatic N) is 1. The fourth-order valence-electron chi connectivity index (χ4n) is 3.93. The summed E-state index contributed by atoms with van der Waals surface area (Å²) in [5, 5.41) is 15.5. The third kappa shape index (κ3) is 9.23. The molecule has 0 aliphatic carbocycles. The molecule has 0 spiro atoms. The zero-order valence-corrected chi connectivity index (χ0v) is 22.9. The highest BCUT2D eigenvalue weighted by Crippen LogP contribution is 2.33. The number of likely N-dealkylation sites (tertiary alicyclic amines) is 1. The number of carboxylic acid groups (broad SMARTS) is 1. The average molecular weight is 552 g/mol. The van der Waals surface area contributed by atoms with Crippen molar-refractivity contribution in [2.24, 2.45) is 11.7 Å². The first-order chi connectivity index (χ1) is 17.6. The standard InChI is InChI=1S/C22H26ClN3O4S.C4H8O2/c1-13-20(23)14(10-15-6-9-31-21(13)15)2-3-18(27)26-7-4-17(5-8-26)25-22(30)16(12-24)11-19(28)29;1-4(5)3-6-2/h2-3,6,9-10,16-17H,4-5,7-8,11-12,24H2,1H3,(H,25,30)(H,28,29);3H2,1-2H3/b3-2+;. The van der Waals surface area contributed by atoms with Crippen LogP contribution in [-0.2, 0) is 23.9 Å². The molecular formula is C26H34ClN3O6S. The Balaban J connectivity index is 0.000000717. The molecule has 1 fully saturated rings. The number of ketones is 1. The van der Waals surface area contributed by atoms with E-state index in [0.717, 1.165) is 21.2 Å². The molecule has 9 nitrogen and oxygen atoms in total. The van der Waals surface area contributed by atoms with Gasteiger partial charge in [-0.3, -0.25) is 19.2 Å². The molecule has 0 saturated carbocycles. The molecule has 2 heterocycles. The lowest BCUT2D eigenvalue weighted by atomic mass is 10.0. The third-order valence-electron chi connectivity index (χ3n) is 5.91. The van der Waals surface area contributed by atoms with Crippen molar-refractivity contribution in [2.75, 3.05) is 33.4 Å². The number of halogens is 1. The van der Waals surface area contributed by atoms with Gasteiger partial charge < -0.3 is 25.8 Å². The number of benzene rings is 1. The Hall–Kier alpha value is -2.79. The van der Waals surface area contributed by atoms with Crippen molar-refractivity contribution in [3.05, 3.63) is 39.7 Å². The molecule has 2 amide bonds. The van der Waals surface area contributed by atoms with Crippen molar-refractivity contribution in [3.8, 4) is 0 Å². The number of aryl methyl sites for hydroxylation is 1. The summed E-state index contributed by atoms with van der Waals surface area (Å²) in [7, 11) is 1.50. The van der Waals surface area contributed by atoms with Gasteiger partial charge in [-0.15, -0.1) is 11.3 Å². The molecule has 1 aromatic heterocycles. The van der Waals surface area contributed by atoms with Crippen molar-refractivity contribution in [2.45, 2.75) is 39.2 Å². The topological polar surface area (TPSA) is 139 Å². The van der Waals surface area contributed by atoms with Gasteiger partial charge in [-0.2, -0.15) is 0 Å². The summed E-state index contributed by atoms with van der Waals surface area (Å²) >= 11 is 8.12. The van der Waals surface area contributed by atoms with E-state index in [-0.39, 0.29) is 43.2 Å². The Morgan fingerprint density at radius 2 is 2.00 bits per heavy atom. The number of carboxylic acids is 1. The number of methoxy groups -OCH3 is 1. The van der Waals surface area contributed by atoms with Crippen LogP contribution in [0.1, 0.15) is 37.3 Å². The number of Topliss-reactive ketones (excluding diaryl/α,β-unsaturated/α-hetero) is 1. The Kier molecular flexibility index (Phi) is 12.2. The fraction of sp³-hybridized carbons (Fsp3) is 0.462. The monoisotopic (exact) mass is 551 g/mol. The molecule has 0 bridgehead atoms. The molecule has 37 heavy (non-hydrogen) atoms. The minimum absolute atomic E-state index is 0.0144. The summed E-state index contributed by atoms with van der Waals surface area (Å²) in [6, 6.07) is 3.92. The second kappa shape index (κ2) is 14.8. The van der Waals surface area contributed by atoms with Gasteiger partial charge in [0.1, 0.15) is 6.61 Å². The van der Waals surface area contributed by atoms with E-state index in [2.05, 4.69) is 10.1 Å². The van der Waals surface area contributed by atoms with E-state index in [1.807, 2.05) is 24.4 Å². The van der Waals surface area contributed by atoms with Crippen molar-refractivity contribution in [1.29, 1.82) is 0 Å². The number of hydrogen-bond donors (Lipinski definition) is 3. The summed E-state index contributed by atoms with van der Waals surface area (Å²) in [6.45, 7) is 4.71. The number of amides is 2. The highest BCUT2D eigenvalue weighted by atomic mass is 35.5. The second-order valence-electron chi connectivity index (χ2n) is 8.85. The lowest BCUT2D eigenvalue weighted by Gasteiger charge is -2.32. The number of piperidine rings is 1. The van der Waals surface area contributed by atoms with Crippen LogP contribution in [0.3, 0.4) is 0 Å². The summed E-state index contributed by atoms with van der Waals surface area (Å²) in [5.41, 5.74) is 7.34. The van der Waals surface area contributed by atoms with Gasteiger partial charge in [-0.05, 0) is 66.8 Å². The van der Waals surface area contributed by atoms with E-state index in [9.17, 15) is 19.2 Å². The molecule has 4 N–H and O–H groups in total. The van der Waals surface area contributed by atoms with E-state index in [4.69, 9.17) is 22.4 Å². The zero-order valence-electron chi connectivity index (χ0n) is 21.3. The number of ether oxygens (including phenoxy) is 1. The van der Waals surface area contributed by atoms with Crippen molar-refractivity contribution < 1.29 is 29.0 Å². The summed E-state index contributed by atoms with van der Waals surface area (Å²) in [5.74, 6) is -2.17. The molecule has 1 aliphatic heterocycles. The number of aliphatic carboxylic acids is 1. The molecule has 1 unspecified atom stereocenters. The van der Waals surface area contributed by atoms with Crippen molar-refractivity contribution in [1.82, 2.24) is 10.2 Å². The minimum Gasteiger partial charge on any atom is -0.481 e. The van der Waals surface area contributed by atoms with Crippen LogP contribution < -0.4 is 11.1 Å². The van der Waals surface area contributed by atoms with Gasteiger partial charge in [0.05, 0.1) is 17.4 Å². The molecule has 11 heteroatoms. The number of nitrogens with one attached hydrogen (secondary N) is 1. The normalized spacial score (nSPS) is 14.8. The van der Waals surface area contributed by atoms with Gasteiger partial charge >= 0.3 is 5.97 Å². The maximum Gasteiger partial charge on any atom is 0.304 e. The van der Waals surface area contributed by atoms with Gasteiger partial charge in [0.15, 0.2) is 5.78 Å². The van der Waals surface area contributed by atoms with Gasteiger partial charge in [-0.1, -0.05) is 11.6 Å². The highest BCUT2D eigenvalue weighted by molar-refractivity contribution is 7.17. The van der Waals surface area contributed by atoms with Crippen LogP contribution in [0, 0.1) is 12.8 Å². The first-order valence-electron chi connectivity index (χ1n) is 11.9. The Morgan fingerprint density at radius 3 is 2.54 bits per heavy atom. The van der Waals surface area contributed by atoms with E-state index in [0.29, 0.717) is 31.0 Å². The zero-order chi connectivity index (χ0) is 27.5. The first-order valence-corrected chi connectivity index (χ1v) is 13.2. The SMILES string of the molecule is COCC(C)=O.Cc1c(Cl)c(/C=C/C(=O)N2CCC(NC(=O)C(CN)CC(=O)O)CC2)cc2ccsc12. The number of carbonyl (C=O) groups excluding carboxylic acids is 3. The van der Waals surface area contributed by atoms with Crippen LogP contribution in [0.4, 0.5) is 0 Å². The van der Waals surface area contributed by atoms with Crippen LogP contribution in [0.2, 0.25) is 5.02 Å². The largest absolute Gasteiger partial charge is 0.481 e. The predicted molar refractivity (Wildman–Crippen MR) is 146 cm³/mol. The molecular weight excluding hydrogens is 518 g/mol. The number of hydrogen-bond acceptors (Lipinski definition) is 7. The van der Waals surface area contributed by atoms with Gasteiger partial charge in [0.25, 0.3) is 0 Å². The van der Waals surface area contributed by atoms with E-state index >= 15 is 0 Å². The van der Waals surface area contributed by atoms with Gasteiger partial charge in [0.2, 0.25) is 11.8 Å². The second-order valence-corrected chi connectivity index (χ2v) is 10.1. The molecule has 202 valence electrons. The molecule has 0 radical (unpaired) electrons. The maximum atomic E-state index is 12.6. The number of nitrogens with two attached hydrogens (primary N) is 1. The lowest BCUT2D eigenvalue weighted by molar-refractivity contribution is -0.141. The van der Waals surface area contributed by atoms with E-state index < -0.39 is 11.9 Å². The smallest absolute Gasteiger partial charge is 0.304 e. The van der Waals surface area contributed by atoms with Gasteiger partial charge in [-0.25, -0.2) is 0 Å². The van der Waals surface area contributed by atoms with E-state index in [1.54, 1.807) is 22.3 Å². The van der Waals surface area contributed by atoms with Crippen LogP contribution >= 0.6 is 22.9 Å². The minimum atomic E-state index is -1.05. The number of rotatable bonds is 9. The maximum absolute atomic E-state index is 12.6. The Labute approximate surface area is 225 Å². The van der Waals surface area contributed by atoms with Crippen LogP contribution in [-0.4, -0.2) is 73.0 Å². The number of carbonyl (C=O) groups is 4. The van der Waals surface area contributed by atoms with Crippen LogP contribution in [0.25, 0.3) is 16.2 Å². The first kappa shape index (κ1) is 30.4. The molecule has 1 aromatic carbocycles. The Morgan fingerprint density at radius 1 is 1.32 bits per heavy atom. The molecule has 2 aromatic rings. The molecule has 1 aliphatic rings. The molecule has 1 atom stereocenters. The molecule has 1 saturated heterocycles. The number of fused-ring (bicyclic) bond motifs is 1. The number of thiophene rings is 1. The average Bonchev–Trinajstić information content (AvgIpc) is 3.33. The van der Waals surface area contributed by atoms with Crippen LogP contribution in [0.5, 0.6) is 0 Å². The highest BCUT2D eigenvalue weighted by Gasteiger charge is 2.26. The van der Waals surface area contributed by atoms with E-state index in [1.165, 1.54) is 20.1 Å². The van der Waals surface area contributed by atoms with Gasteiger partial charge in [0, 0.05) is 43.6 Å². The summed E-state index contributed by atoms with van der Waals surface area (Å²) < 4.78 is 5.60. The lowest BCUT2D eigenvalue weighted by Crippen LogP contribution is -2.48. The Bertz CT molecular complexity index is 1140. The fourth-order valence-corrected chi connectivity index (χ4v) is 5.09. The third-order valence-corrected chi connectivity index (χ3v) is 7.46. The summed E-state index contributed by atoms with van der Waals surface area (Å²) in [6.07, 6.45) is 4.21.